The van der Waals surface area contributed by atoms with Crippen molar-refractivity contribution in [3.63, 3.8) is 0 Å². The van der Waals surface area contributed by atoms with Gasteiger partial charge in [-0.3, -0.25) is 4.98 Å². The van der Waals surface area contributed by atoms with Crippen molar-refractivity contribution in [1.29, 1.82) is 0 Å². The van der Waals surface area contributed by atoms with Gasteiger partial charge < -0.3 is 10.2 Å². The van der Waals surface area contributed by atoms with Gasteiger partial charge in [-0.15, -0.1) is 0 Å². The first kappa shape index (κ1) is 12.7. The Morgan fingerprint density at radius 1 is 1.20 bits per heavy atom. The second-order valence-corrected chi connectivity index (χ2v) is 5.07. The topological polar surface area (TPSA) is 72.0 Å². The van der Waals surface area contributed by atoms with Gasteiger partial charge in [-0.25, -0.2) is 4.79 Å². The molecule has 4 heteroatoms. The molecule has 1 aromatic heterocycles. The molecule has 0 saturated carbocycles. The largest absolute Gasteiger partial charge is 0.417 e. The molecule has 0 bridgehead atoms. The lowest BCUT2D eigenvalue weighted by Crippen LogP contribution is -2.13. The Balaban J connectivity index is 1.85. The predicted octanol–water partition coefficient (Wildman–Crippen LogP) is 2.67. The van der Waals surface area contributed by atoms with Crippen LogP contribution >= 0.6 is 0 Å². The van der Waals surface area contributed by atoms with Crippen LogP contribution in [0.4, 0.5) is 0 Å². The fourth-order valence-electron chi connectivity index (χ4n) is 2.29. The highest BCUT2D eigenvalue weighted by molar-refractivity contribution is 5.72. The van der Waals surface area contributed by atoms with Gasteiger partial charge in [0.15, 0.2) is 5.58 Å². The lowest BCUT2D eigenvalue weighted by atomic mass is 9.99. The van der Waals surface area contributed by atoms with E-state index in [2.05, 4.69) is 36.2 Å². The van der Waals surface area contributed by atoms with E-state index in [9.17, 15) is 4.79 Å². The number of aromatic amines is 1. The van der Waals surface area contributed by atoms with E-state index in [1.54, 1.807) is 0 Å². The van der Waals surface area contributed by atoms with Crippen LogP contribution < -0.4 is 11.5 Å². The summed E-state index contributed by atoms with van der Waals surface area (Å²) in [6, 6.07) is 13.8. The van der Waals surface area contributed by atoms with Crippen LogP contribution in [0.15, 0.2) is 51.7 Å². The van der Waals surface area contributed by atoms with Crippen molar-refractivity contribution < 1.29 is 4.42 Å². The molecule has 4 nitrogen and oxygen atoms in total. The van der Waals surface area contributed by atoms with E-state index < -0.39 is 5.76 Å². The number of nitrogens with two attached hydrogens (primary N) is 1. The third-order valence-electron chi connectivity index (χ3n) is 3.45. The minimum Gasteiger partial charge on any atom is -0.408 e. The molecule has 1 atom stereocenters. The number of fused-ring (bicyclic) bond motifs is 1. The molecule has 3 aromatic rings. The third-order valence-corrected chi connectivity index (χ3v) is 3.45. The Bertz CT molecular complexity index is 784. The number of aryl methyl sites for hydroxylation is 1. The van der Waals surface area contributed by atoms with Gasteiger partial charge >= 0.3 is 5.76 Å². The number of aromatic nitrogens is 1. The summed E-state index contributed by atoms with van der Waals surface area (Å²) >= 11 is 0. The van der Waals surface area contributed by atoms with Gasteiger partial charge in [-0.05, 0) is 36.6 Å². The average Bonchev–Trinajstić information content (AvgIpc) is 2.80. The number of nitrogens with one attached hydrogen (secondary N) is 1. The van der Waals surface area contributed by atoms with Gasteiger partial charge in [0.1, 0.15) is 0 Å². The molecule has 3 rings (SSSR count). The minimum atomic E-state index is -0.441. The molecular weight excluding hydrogens is 252 g/mol. The van der Waals surface area contributed by atoms with Gasteiger partial charge in [0.25, 0.3) is 0 Å². The Kier molecular flexibility index (Phi) is 3.16. The van der Waals surface area contributed by atoms with E-state index in [4.69, 9.17) is 10.2 Å². The summed E-state index contributed by atoms with van der Waals surface area (Å²) in [5.74, 6) is -0.441. The molecule has 1 unspecified atom stereocenters. The standard InChI is InChI=1S/C16H16N2O2/c1-10-2-4-11(5-3-10)8-13(17)12-6-7-14-15(9-12)20-16(19)18-14/h2-7,9,13H,8,17H2,1H3,(H,18,19). The van der Waals surface area contributed by atoms with E-state index in [-0.39, 0.29) is 6.04 Å². The van der Waals surface area contributed by atoms with Crippen molar-refractivity contribution in [2.75, 3.05) is 0 Å². The molecule has 0 radical (unpaired) electrons. The van der Waals surface area contributed by atoms with Crippen molar-refractivity contribution in [1.82, 2.24) is 4.98 Å². The highest BCUT2D eigenvalue weighted by atomic mass is 16.4. The maximum atomic E-state index is 11.1. The molecule has 0 aliphatic carbocycles. The van der Waals surface area contributed by atoms with Crippen molar-refractivity contribution in [2.45, 2.75) is 19.4 Å². The van der Waals surface area contributed by atoms with Crippen LogP contribution in [0.25, 0.3) is 11.1 Å². The first-order valence-electron chi connectivity index (χ1n) is 6.56. The second-order valence-electron chi connectivity index (χ2n) is 5.07. The molecule has 0 fully saturated rings. The smallest absolute Gasteiger partial charge is 0.408 e. The number of H-pyrrole nitrogens is 1. The zero-order valence-corrected chi connectivity index (χ0v) is 11.2. The molecule has 2 aromatic carbocycles. The van der Waals surface area contributed by atoms with Crippen LogP contribution in [0.2, 0.25) is 0 Å². The summed E-state index contributed by atoms with van der Waals surface area (Å²) in [6.45, 7) is 2.06. The van der Waals surface area contributed by atoms with Crippen LogP contribution in [0, 0.1) is 6.92 Å². The fourth-order valence-corrected chi connectivity index (χ4v) is 2.29. The van der Waals surface area contributed by atoms with Gasteiger partial charge in [-0.1, -0.05) is 35.9 Å². The molecule has 102 valence electrons. The zero-order valence-electron chi connectivity index (χ0n) is 11.2. The summed E-state index contributed by atoms with van der Waals surface area (Å²) in [7, 11) is 0. The number of rotatable bonds is 3. The zero-order chi connectivity index (χ0) is 14.1. The van der Waals surface area contributed by atoms with Crippen molar-refractivity contribution in [3.05, 3.63) is 69.7 Å². The minimum absolute atomic E-state index is 0.123. The summed E-state index contributed by atoms with van der Waals surface area (Å²) in [4.78, 5) is 13.8. The van der Waals surface area contributed by atoms with E-state index in [0.717, 1.165) is 12.0 Å². The van der Waals surface area contributed by atoms with E-state index in [1.807, 2.05) is 18.2 Å². The molecule has 0 spiro atoms. The highest BCUT2D eigenvalue weighted by Gasteiger charge is 2.10. The fraction of sp³-hybridized carbons (Fsp3) is 0.188. The number of oxazole rings is 1. The Morgan fingerprint density at radius 3 is 2.70 bits per heavy atom. The highest BCUT2D eigenvalue weighted by Crippen LogP contribution is 2.20. The Hall–Kier alpha value is -2.33. The molecule has 3 N–H and O–H groups in total. The summed E-state index contributed by atoms with van der Waals surface area (Å²) in [5.41, 5.74) is 10.9. The lowest BCUT2D eigenvalue weighted by molar-refractivity contribution is 0.554. The van der Waals surface area contributed by atoms with Gasteiger partial charge in [0.2, 0.25) is 0 Å². The molecule has 0 aliphatic heterocycles. The van der Waals surface area contributed by atoms with Crippen LogP contribution in [0.5, 0.6) is 0 Å². The van der Waals surface area contributed by atoms with Gasteiger partial charge in [0, 0.05) is 6.04 Å². The Morgan fingerprint density at radius 2 is 1.95 bits per heavy atom. The average molecular weight is 268 g/mol. The molecular formula is C16H16N2O2. The molecule has 1 heterocycles. The molecule has 20 heavy (non-hydrogen) atoms. The third kappa shape index (κ3) is 2.51. The molecule has 0 aliphatic rings. The maximum absolute atomic E-state index is 11.1. The summed E-state index contributed by atoms with van der Waals surface area (Å²) in [5, 5.41) is 0. The summed E-state index contributed by atoms with van der Waals surface area (Å²) < 4.78 is 5.06. The predicted molar refractivity (Wildman–Crippen MR) is 78.6 cm³/mol. The monoisotopic (exact) mass is 268 g/mol. The molecule has 0 saturated heterocycles. The number of benzene rings is 2. The van der Waals surface area contributed by atoms with Gasteiger partial charge in [-0.2, -0.15) is 0 Å². The van der Waals surface area contributed by atoms with Crippen molar-refractivity contribution in [2.24, 2.45) is 5.73 Å². The van der Waals surface area contributed by atoms with Crippen LogP contribution in [0.1, 0.15) is 22.7 Å². The molecule has 0 amide bonds. The van der Waals surface area contributed by atoms with E-state index in [0.29, 0.717) is 11.1 Å². The first-order chi connectivity index (χ1) is 9.61. The number of hydrogen-bond acceptors (Lipinski definition) is 3. The number of hydrogen-bond donors (Lipinski definition) is 2. The van der Waals surface area contributed by atoms with Gasteiger partial charge in [0.05, 0.1) is 5.52 Å². The first-order valence-corrected chi connectivity index (χ1v) is 6.56. The van der Waals surface area contributed by atoms with E-state index >= 15 is 0 Å². The van der Waals surface area contributed by atoms with E-state index in [1.165, 1.54) is 11.1 Å². The SMILES string of the molecule is Cc1ccc(CC(N)c2ccc3[nH]c(=O)oc3c2)cc1. The lowest BCUT2D eigenvalue weighted by Gasteiger charge is -2.12. The second kappa shape index (κ2) is 4.98. The quantitative estimate of drug-likeness (QED) is 0.767. The van der Waals surface area contributed by atoms with Crippen LogP contribution in [-0.2, 0) is 6.42 Å². The van der Waals surface area contributed by atoms with Crippen molar-refractivity contribution >= 4 is 11.1 Å². The van der Waals surface area contributed by atoms with Crippen LogP contribution in [0.3, 0.4) is 0 Å². The maximum Gasteiger partial charge on any atom is 0.417 e. The normalized spacial score (nSPS) is 12.7. The Labute approximate surface area is 116 Å². The van der Waals surface area contributed by atoms with Crippen molar-refractivity contribution in [3.8, 4) is 0 Å². The van der Waals surface area contributed by atoms with Crippen LogP contribution in [-0.4, -0.2) is 4.98 Å². The summed E-state index contributed by atoms with van der Waals surface area (Å²) in [6.07, 6.45) is 0.750.